The van der Waals surface area contributed by atoms with Crippen molar-refractivity contribution in [2.24, 2.45) is 0 Å². The molecular weight excluding hydrogens is 381 g/mol. The first-order valence-electron chi connectivity index (χ1n) is 9.25. The molecule has 0 aliphatic carbocycles. The molecule has 1 aliphatic heterocycles. The number of hydrogen-bond donors (Lipinski definition) is 1. The molecule has 1 atom stereocenters. The van der Waals surface area contributed by atoms with E-state index in [4.69, 9.17) is 5.26 Å². The molecule has 0 spiro atoms. The Morgan fingerprint density at radius 3 is 2.45 bits per heavy atom. The lowest BCUT2D eigenvalue weighted by molar-refractivity contribution is -0.137. The molecule has 0 aromatic heterocycles. The Morgan fingerprint density at radius 1 is 1.10 bits per heavy atom. The van der Waals surface area contributed by atoms with Gasteiger partial charge in [0.2, 0.25) is 5.91 Å². The third kappa shape index (κ3) is 5.06. The van der Waals surface area contributed by atoms with Gasteiger partial charge in [0.1, 0.15) is 0 Å². The van der Waals surface area contributed by atoms with E-state index >= 15 is 0 Å². The molecule has 1 N–H and O–H groups in total. The second kappa shape index (κ2) is 8.53. The van der Waals surface area contributed by atoms with Gasteiger partial charge >= 0.3 is 6.18 Å². The van der Waals surface area contributed by atoms with E-state index in [2.05, 4.69) is 5.32 Å². The molecule has 1 saturated heterocycles. The van der Waals surface area contributed by atoms with Crippen molar-refractivity contribution >= 4 is 17.3 Å². The maximum absolute atomic E-state index is 12.9. The van der Waals surface area contributed by atoms with E-state index < -0.39 is 17.8 Å². The molecule has 0 saturated carbocycles. The third-order valence-corrected chi connectivity index (χ3v) is 5.04. The Kier molecular flexibility index (Phi) is 6.09. The van der Waals surface area contributed by atoms with Gasteiger partial charge in [-0.3, -0.25) is 9.69 Å². The Bertz CT molecular complexity index is 915. The normalized spacial score (nSPS) is 16.2. The van der Waals surface area contributed by atoms with Gasteiger partial charge in [0.15, 0.2) is 0 Å². The predicted molar refractivity (Wildman–Crippen MR) is 104 cm³/mol. The molecule has 152 valence electrons. The van der Waals surface area contributed by atoms with Gasteiger partial charge in [-0.05, 0) is 43.3 Å². The monoisotopic (exact) mass is 402 g/mol. The van der Waals surface area contributed by atoms with Gasteiger partial charge in [-0.1, -0.05) is 12.1 Å². The lowest BCUT2D eigenvalue weighted by Gasteiger charge is -2.38. The lowest BCUT2D eigenvalue weighted by atomic mass is 10.1. The molecule has 2 aromatic rings. The van der Waals surface area contributed by atoms with Crippen LogP contribution in [0, 0.1) is 11.3 Å². The highest BCUT2D eigenvalue weighted by atomic mass is 19.4. The van der Waals surface area contributed by atoms with E-state index in [1.807, 2.05) is 15.9 Å². The van der Waals surface area contributed by atoms with E-state index in [-0.39, 0.29) is 5.91 Å². The average molecular weight is 402 g/mol. The van der Waals surface area contributed by atoms with Crippen molar-refractivity contribution in [3.05, 3.63) is 59.7 Å². The van der Waals surface area contributed by atoms with Crippen LogP contribution in [0.5, 0.6) is 0 Å². The van der Waals surface area contributed by atoms with Crippen molar-refractivity contribution in [2.75, 3.05) is 36.4 Å². The summed E-state index contributed by atoms with van der Waals surface area (Å²) in [5.41, 5.74) is 0.892. The van der Waals surface area contributed by atoms with E-state index in [9.17, 15) is 18.0 Å². The van der Waals surface area contributed by atoms with E-state index in [0.29, 0.717) is 43.1 Å². The molecule has 0 unspecified atom stereocenters. The number of halogens is 3. The number of piperazine rings is 1. The molecule has 5 nitrogen and oxygen atoms in total. The highest BCUT2D eigenvalue weighted by Gasteiger charge is 2.31. The molecule has 3 rings (SSSR count). The molecular formula is C21H21F3N4O. The Labute approximate surface area is 167 Å². The summed E-state index contributed by atoms with van der Waals surface area (Å²) < 4.78 is 38.8. The van der Waals surface area contributed by atoms with Crippen LogP contribution in [-0.2, 0) is 11.0 Å². The molecule has 29 heavy (non-hydrogen) atoms. The first-order chi connectivity index (χ1) is 13.8. The van der Waals surface area contributed by atoms with Gasteiger partial charge in [-0.25, -0.2) is 0 Å². The molecule has 1 fully saturated rings. The smallest absolute Gasteiger partial charge is 0.369 e. The van der Waals surface area contributed by atoms with Gasteiger partial charge in [0.25, 0.3) is 0 Å². The van der Waals surface area contributed by atoms with Crippen molar-refractivity contribution in [1.82, 2.24) is 4.90 Å². The first-order valence-corrected chi connectivity index (χ1v) is 9.25. The fourth-order valence-corrected chi connectivity index (χ4v) is 3.33. The van der Waals surface area contributed by atoms with Crippen molar-refractivity contribution in [1.29, 1.82) is 5.26 Å². The molecule has 2 aromatic carbocycles. The van der Waals surface area contributed by atoms with Crippen LogP contribution >= 0.6 is 0 Å². The zero-order valence-corrected chi connectivity index (χ0v) is 15.9. The van der Waals surface area contributed by atoms with E-state index in [1.54, 1.807) is 37.3 Å². The number of alkyl halides is 3. The van der Waals surface area contributed by atoms with Crippen LogP contribution in [0.3, 0.4) is 0 Å². The summed E-state index contributed by atoms with van der Waals surface area (Å²) in [6, 6.07) is 13.6. The fourth-order valence-electron chi connectivity index (χ4n) is 3.33. The van der Waals surface area contributed by atoms with Crippen LogP contribution in [0.15, 0.2) is 48.5 Å². The van der Waals surface area contributed by atoms with Crippen molar-refractivity contribution in [3.8, 4) is 6.07 Å². The predicted octanol–water partition coefficient (Wildman–Crippen LogP) is 3.73. The number of anilines is 2. The van der Waals surface area contributed by atoms with Crippen LogP contribution < -0.4 is 10.2 Å². The second-order valence-electron chi connectivity index (χ2n) is 6.93. The number of benzene rings is 2. The molecule has 1 aliphatic rings. The number of amides is 1. The zero-order valence-electron chi connectivity index (χ0n) is 15.9. The van der Waals surface area contributed by atoms with Gasteiger partial charge in [0.05, 0.1) is 23.2 Å². The third-order valence-electron chi connectivity index (χ3n) is 5.04. The van der Waals surface area contributed by atoms with Crippen LogP contribution in [0.2, 0.25) is 0 Å². The average Bonchev–Trinajstić information content (AvgIpc) is 2.73. The number of nitriles is 1. The number of hydrogen-bond acceptors (Lipinski definition) is 4. The van der Waals surface area contributed by atoms with Crippen molar-refractivity contribution in [3.63, 3.8) is 0 Å². The highest BCUT2D eigenvalue weighted by Crippen LogP contribution is 2.32. The summed E-state index contributed by atoms with van der Waals surface area (Å²) >= 11 is 0. The highest BCUT2D eigenvalue weighted by molar-refractivity contribution is 5.94. The largest absolute Gasteiger partial charge is 0.416 e. The maximum Gasteiger partial charge on any atom is 0.416 e. The standard InChI is InChI=1S/C21H21F3N4O/c1-15(20(29)26-18-6-2-4-16(12-18)14-25)27-8-10-28(11-9-27)19-7-3-5-17(13-19)21(22,23)24/h2-7,12-13,15H,8-11H2,1H3,(H,26,29)/t15-/m1/s1. The Balaban J connectivity index is 1.58. The maximum atomic E-state index is 12.9. The lowest BCUT2D eigenvalue weighted by Crippen LogP contribution is -2.52. The molecule has 1 amide bonds. The number of carbonyl (C=O) groups excluding carboxylic acids is 1. The van der Waals surface area contributed by atoms with Crippen molar-refractivity contribution < 1.29 is 18.0 Å². The minimum Gasteiger partial charge on any atom is -0.369 e. The van der Waals surface area contributed by atoms with Gasteiger partial charge in [-0.15, -0.1) is 0 Å². The van der Waals surface area contributed by atoms with Crippen molar-refractivity contribution in [2.45, 2.75) is 19.1 Å². The van der Waals surface area contributed by atoms with Crippen LogP contribution in [0.4, 0.5) is 24.5 Å². The number of nitrogens with one attached hydrogen (secondary N) is 1. The number of nitrogens with zero attached hydrogens (tertiary/aromatic N) is 3. The van der Waals surface area contributed by atoms with Crippen LogP contribution in [0.25, 0.3) is 0 Å². The number of carbonyl (C=O) groups is 1. The van der Waals surface area contributed by atoms with Gasteiger partial charge in [0, 0.05) is 37.6 Å². The summed E-state index contributed by atoms with van der Waals surface area (Å²) in [6.45, 7) is 3.97. The van der Waals surface area contributed by atoms with Crippen LogP contribution in [-0.4, -0.2) is 43.0 Å². The van der Waals surface area contributed by atoms with E-state index in [1.165, 1.54) is 6.07 Å². The second-order valence-corrected chi connectivity index (χ2v) is 6.93. The Morgan fingerprint density at radius 2 is 1.79 bits per heavy atom. The topological polar surface area (TPSA) is 59.4 Å². The molecule has 0 bridgehead atoms. The zero-order chi connectivity index (χ0) is 21.0. The van der Waals surface area contributed by atoms with Crippen LogP contribution in [0.1, 0.15) is 18.1 Å². The summed E-state index contributed by atoms with van der Waals surface area (Å²) in [4.78, 5) is 16.4. The van der Waals surface area contributed by atoms with Gasteiger partial charge in [-0.2, -0.15) is 18.4 Å². The number of rotatable bonds is 4. The quantitative estimate of drug-likeness (QED) is 0.847. The van der Waals surface area contributed by atoms with Gasteiger partial charge < -0.3 is 10.2 Å². The summed E-state index contributed by atoms with van der Waals surface area (Å²) in [5, 5.41) is 11.8. The minimum atomic E-state index is -4.37. The summed E-state index contributed by atoms with van der Waals surface area (Å²) in [7, 11) is 0. The first kappa shape index (κ1) is 20.7. The fraction of sp³-hybridized carbons (Fsp3) is 0.333. The van der Waals surface area contributed by atoms with E-state index in [0.717, 1.165) is 12.1 Å². The molecule has 8 heteroatoms. The molecule has 0 radical (unpaired) electrons. The SMILES string of the molecule is C[C@H](C(=O)Nc1cccc(C#N)c1)N1CCN(c2cccc(C(F)(F)F)c2)CC1. The molecule has 1 heterocycles. The summed E-state index contributed by atoms with van der Waals surface area (Å²) in [5.74, 6) is -0.187. The minimum absolute atomic E-state index is 0.187. The summed E-state index contributed by atoms with van der Waals surface area (Å²) in [6.07, 6.45) is -4.37. The Hall–Kier alpha value is -3.05.